The number of rotatable bonds is 10. The summed E-state index contributed by atoms with van der Waals surface area (Å²) in [5.74, 6) is 0.518. The van der Waals surface area contributed by atoms with Gasteiger partial charge in [0.15, 0.2) is 8.32 Å². The van der Waals surface area contributed by atoms with Gasteiger partial charge in [-0.2, -0.15) is 15.3 Å². The molecular weight excluding hydrogens is 575 g/mol. The van der Waals surface area contributed by atoms with Gasteiger partial charge in [-0.05, 0) is 59.3 Å². The van der Waals surface area contributed by atoms with Crippen molar-refractivity contribution in [2.24, 2.45) is 0 Å². The number of fused-ring (bicyclic) bond motifs is 1. The molecule has 0 bridgehead atoms. The largest absolute Gasteiger partial charge is 0.410 e. The fraction of sp³-hybridized carbons (Fsp3) is 0.351. The number of hydrogen-bond donors (Lipinski definition) is 0. The zero-order chi connectivity index (χ0) is 32.4. The second kappa shape index (κ2) is 13.0. The summed E-state index contributed by atoms with van der Waals surface area (Å²) in [6, 6.07) is 26.5. The van der Waals surface area contributed by atoms with Gasteiger partial charge in [0.25, 0.3) is 5.56 Å². The standard InChI is InChI=1S/C37H43N5O2Si/c1-8-13-34-32(22-30-16-12-17-31(33(30)23-38)29-14-10-9-11-15-29)35(43)41(36-39-25-40-42(34)36)24-27-18-20-28(21-19-27)26(2)44-45(6,7)37(3,4)5/h9-12,14-21,25-26H,8,13,22,24H2,1-7H3. The molecule has 2 heterocycles. The number of hydrogen-bond acceptors (Lipinski definition) is 5. The van der Waals surface area contributed by atoms with Gasteiger partial charge >= 0.3 is 0 Å². The van der Waals surface area contributed by atoms with E-state index in [9.17, 15) is 10.1 Å². The molecule has 0 aliphatic carbocycles. The predicted octanol–water partition coefficient (Wildman–Crippen LogP) is 8.10. The Morgan fingerprint density at radius 3 is 2.36 bits per heavy atom. The van der Waals surface area contributed by atoms with E-state index < -0.39 is 8.32 Å². The Balaban J connectivity index is 1.53. The molecule has 0 aliphatic rings. The van der Waals surface area contributed by atoms with E-state index in [1.165, 1.54) is 6.33 Å². The summed E-state index contributed by atoms with van der Waals surface area (Å²) in [7, 11) is -1.92. The quantitative estimate of drug-likeness (QED) is 0.148. The second-order valence-electron chi connectivity index (χ2n) is 13.3. The van der Waals surface area contributed by atoms with E-state index in [-0.39, 0.29) is 16.7 Å². The van der Waals surface area contributed by atoms with Crippen LogP contribution in [0, 0.1) is 11.3 Å². The molecule has 0 N–H and O–H groups in total. The van der Waals surface area contributed by atoms with E-state index in [4.69, 9.17) is 4.43 Å². The average molecular weight is 618 g/mol. The summed E-state index contributed by atoms with van der Waals surface area (Å²) in [5, 5.41) is 14.9. The van der Waals surface area contributed by atoms with Gasteiger partial charge in [0.1, 0.15) is 12.4 Å². The van der Waals surface area contributed by atoms with E-state index in [2.05, 4.69) is 88.1 Å². The lowest BCUT2D eigenvalue weighted by atomic mass is 9.92. The first-order valence-corrected chi connectivity index (χ1v) is 18.6. The smallest absolute Gasteiger partial charge is 0.259 e. The van der Waals surface area contributed by atoms with Crippen LogP contribution in [0.3, 0.4) is 0 Å². The van der Waals surface area contributed by atoms with E-state index in [0.717, 1.165) is 39.9 Å². The number of aryl methyl sites for hydroxylation is 1. The Morgan fingerprint density at radius 2 is 1.71 bits per heavy atom. The fourth-order valence-electron chi connectivity index (χ4n) is 5.62. The molecule has 2 aromatic heterocycles. The molecule has 0 fully saturated rings. The highest BCUT2D eigenvalue weighted by atomic mass is 28.4. The molecule has 0 radical (unpaired) electrons. The minimum Gasteiger partial charge on any atom is -0.410 e. The maximum Gasteiger partial charge on any atom is 0.259 e. The Kier molecular flexibility index (Phi) is 9.24. The van der Waals surface area contributed by atoms with E-state index in [0.29, 0.717) is 36.3 Å². The van der Waals surface area contributed by atoms with Crippen molar-refractivity contribution < 1.29 is 4.43 Å². The molecule has 1 atom stereocenters. The summed E-state index contributed by atoms with van der Waals surface area (Å²) in [6.07, 6.45) is 3.33. The molecule has 45 heavy (non-hydrogen) atoms. The van der Waals surface area contributed by atoms with Crippen molar-refractivity contribution in [2.45, 2.75) is 84.7 Å². The lowest BCUT2D eigenvalue weighted by Crippen LogP contribution is -2.41. The molecule has 0 aliphatic heterocycles. The third kappa shape index (κ3) is 6.56. The molecule has 5 aromatic rings. The van der Waals surface area contributed by atoms with Crippen LogP contribution in [-0.2, 0) is 23.8 Å². The molecule has 5 rings (SSSR count). The summed E-state index contributed by atoms with van der Waals surface area (Å²) >= 11 is 0. The number of nitriles is 1. The maximum absolute atomic E-state index is 14.3. The topological polar surface area (TPSA) is 85.2 Å². The van der Waals surface area contributed by atoms with Crippen molar-refractivity contribution in [3.63, 3.8) is 0 Å². The summed E-state index contributed by atoms with van der Waals surface area (Å²) in [6.45, 7) is 15.8. The summed E-state index contributed by atoms with van der Waals surface area (Å²) < 4.78 is 10.1. The number of benzene rings is 3. The maximum atomic E-state index is 14.3. The number of aromatic nitrogens is 4. The van der Waals surface area contributed by atoms with Crippen molar-refractivity contribution in [1.82, 2.24) is 19.2 Å². The van der Waals surface area contributed by atoms with Crippen LogP contribution in [0.25, 0.3) is 16.9 Å². The second-order valence-corrected chi connectivity index (χ2v) is 18.1. The van der Waals surface area contributed by atoms with Crippen LogP contribution in [0.1, 0.15) is 80.7 Å². The predicted molar refractivity (Wildman–Crippen MR) is 183 cm³/mol. The van der Waals surface area contributed by atoms with Crippen molar-refractivity contribution in [3.8, 4) is 17.2 Å². The monoisotopic (exact) mass is 617 g/mol. The summed E-state index contributed by atoms with van der Waals surface area (Å²) in [4.78, 5) is 18.9. The van der Waals surface area contributed by atoms with E-state index >= 15 is 0 Å². The highest BCUT2D eigenvalue weighted by Crippen LogP contribution is 2.39. The number of nitrogens with zero attached hydrogens (tertiary/aromatic N) is 5. The van der Waals surface area contributed by atoms with Crippen LogP contribution in [0.4, 0.5) is 0 Å². The van der Waals surface area contributed by atoms with E-state index in [1.54, 1.807) is 9.08 Å². The Bertz CT molecular complexity index is 1890. The SMILES string of the molecule is CCCc1c(Cc2cccc(-c3ccccc3)c2C#N)c(=O)n(Cc2ccc(C(C)O[Si](C)(C)C(C)(C)C)cc2)c2ncnn12. The van der Waals surface area contributed by atoms with Crippen molar-refractivity contribution in [1.29, 1.82) is 5.26 Å². The van der Waals surface area contributed by atoms with E-state index in [1.807, 2.05) is 48.5 Å². The van der Waals surface area contributed by atoms with Crippen molar-refractivity contribution in [3.05, 3.63) is 123 Å². The third-order valence-corrected chi connectivity index (χ3v) is 13.7. The molecule has 0 amide bonds. The van der Waals surface area contributed by atoms with Gasteiger partial charge in [0.05, 0.1) is 23.9 Å². The van der Waals surface area contributed by atoms with Crippen LogP contribution in [-0.4, -0.2) is 27.5 Å². The molecule has 0 saturated carbocycles. The molecule has 8 heteroatoms. The molecular formula is C37H43N5O2Si. The first kappa shape index (κ1) is 32.1. The Hall–Kier alpha value is -4.32. The first-order valence-electron chi connectivity index (χ1n) is 15.7. The fourth-order valence-corrected chi connectivity index (χ4v) is 6.99. The molecule has 1 unspecified atom stereocenters. The summed E-state index contributed by atoms with van der Waals surface area (Å²) in [5.41, 5.74) is 6.72. The lowest BCUT2D eigenvalue weighted by molar-refractivity contribution is 0.203. The van der Waals surface area contributed by atoms with Gasteiger partial charge < -0.3 is 4.43 Å². The van der Waals surface area contributed by atoms with Crippen LogP contribution < -0.4 is 5.56 Å². The van der Waals surface area contributed by atoms with Crippen molar-refractivity contribution >= 4 is 14.1 Å². The zero-order valence-corrected chi connectivity index (χ0v) is 28.5. The zero-order valence-electron chi connectivity index (χ0n) is 27.5. The minimum absolute atomic E-state index is 0.0215. The van der Waals surface area contributed by atoms with Gasteiger partial charge in [-0.25, -0.2) is 4.52 Å². The highest BCUT2D eigenvalue weighted by molar-refractivity contribution is 6.74. The van der Waals surface area contributed by atoms with Gasteiger partial charge in [-0.1, -0.05) is 107 Å². The Morgan fingerprint density at radius 1 is 1.00 bits per heavy atom. The van der Waals surface area contributed by atoms with Crippen LogP contribution in [0.2, 0.25) is 18.1 Å². The van der Waals surface area contributed by atoms with Gasteiger partial charge in [0, 0.05) is 12.0 Å². The molecule has 0 spiro atoms. The van der Waals surface area contributed by atoms with Gasteiger partial charge in [0.2, 0.25) is 5.78 Å². The van der Waals surface area contributed by atoms with Crippen LogP contribution in [0.5, 0.6) is 0 Å². The minimum atomic E-state index is -1.92. The molecule has 0 saturated heterocycles. The average Bonchev–Trinajstić information content (AvgIpc) is 3.50. The molecule has 232 valence electrons. The van der Waals surface area contributed by atoms with Crippen LogP contribution in [0.15, 0.2) is 83.9 Å². The Labute approximate surface area is 267 Å². The molecule has 3 aromatic carbocycles. The lowest BCUT2D eigenvalue weighted by Gasteiger charge is -2.38. The van der Waals surface area contributed by atoms with Crippen molar-refractivity contribution in [2.75, 3.05) is 0 Å². The first-order chi connectivity index (χ1) is 21.4. The van der Waals surface area contributed by atoms with Crippen LogP contribution >= 0.6 is 0 Å². The molecule has 7 nitrogen and oxygen atoms in total. The van der Waals surface area contributed by atoms with Gasteiger partial charge in [-0.3, -0.25) is 9.36 Å². The normalized spacial score (nSPS) is 12.8. The third-order valence-electron chi connectivity index (χ3n) is 9.15. The highest BCUT2D eigenvalue weighted by Gasteiger charge is 2.38. The van der Waals surface area contributed by atoms with Gasteiger partial charge in [-0.15, -0.1) is 0 Å².